The number of amides is 1. The molecule has 0 bridgehead atoms. The van der Waals surface area contributed by atoms with Crippen LogP contribution in [0.2, 0.25) is 0 Å². The first-order valence-electron chi connectivity index (χ1n) is 8.21. The molecule has 6 nitrogen and oxygen atoms in total. The minimum atomic E-state index is -4.39. The molecule has 0 radical (unpaired) electrons. The predicted octanol–water partition coefficient (Wildman–Crippen LogP) is 3.40. The molecule has 142 valence electrons. The highest BCUT2D eigenvalue weighted by atomic mass is 19.4. The van der Waals surface area contributed by atoms with Crippen molar-refractivity contribution in [1.82, 2.24) is 19.6 Å². The maximum Gasteiger partial charge on any atom is 0.416 e. The summed E-state index contributed by atoms with van der Waals surface area (Å²) in [5.74, 6) is 0.0554. The molecule has 0 saturated carbocycles. The Bertz CT molecular complexity index is 958. The van der Waals surface area contributed by atoms with E-state index in [1.165, 1.54) is 6.07 Å². The summed E-state index contributed by atoms with van der Waals surface area (Å²) >= 11 is 0. The van der Waals surface area contributed by atoms with E-state index in [-0.39, 0.29) is 19.0 Å². The number of benzene rings is 1. The van der Waals surface area contributed by atoms with Gasteiger partial charge in [-0.15, -0.1) is 0 Å². The fraction of sp³-hybridized carbons (Fsp3) is 0.278. The molecule has 27 heavy (non-hydrogen) atoms. The Labute approximate surface area is 153 Å². The molecule has 1 amide bonds. The van der Waals surface area contributed by atoms with Crippen LogP contribution < -0.4 is 5.32 Å². The largest absolute Gasteiger partial charge is 0.416 e. The molecule has 0 spiro atoms. The molecule has 1 N–H and O–H groups in total. The monoisotopic (exact) mass is 377 g/mol. The lowest BCUT2D eigenvalue weighted by molar-refractivity contribution is -0.137. The van der Waals surface area contributed by atoms with E-state index >= 15 is 0 Å². The summed E-state index contributed by atoms with van der Waals surface area (Å²) < 4.78 is 41.6. The van der Waals surface area contributed by atoms with Gasteiger partial charge in [0.15, 0.2) is 5.82 Å². The van der Waals surface area contributed by atoms with E-state index in [2.05, 4.69) is 15.5 Å². The average molecular weight is 377 g/mol. The number of halogens is 3. The summed E-state index contributed by atoms with van der Waals surface area (Å²) in [6.45, 7) is 3.84. The minimum absolute atomic E-state index is 0.0539. The van der Waals surface area contributed by atoms with Gasteiger partial charge in [0.25, 0.3) is 0 Å². The van der Waals surface area contributed by atoms with E-state index in [0.29, 0.717) is 11.4 Å². The first kappa shape index (κ1) is 18.7. The molecule has 1 aromatic carbocycles. The van der Waals surface area contributed by atoms with Gasteiger partial charge in [0.2, 0.25) is 5.91 Å². The van der Waals surface area contributed by atoms with Gasteiger partial charge < -0.3 is 5.32 Å². The lowest BCUT2D eigenvalue weighted by Crippen LogP contribution is -2.20. The van der Waals surface area contributed by atoms with Crippen molar-refractivity contribution >= 4 is 11.7 Å². The number of anilines is 1. The molecular formula is C18H18F3N5O. The normalized spacial score (nSPS) is 11.6. The number of aryl methyl sites for hydroxylation is 2. The maximum absolute atomic E-state index is 12.8. The Morgan fingerprint density at radius 3 is 2.56 bits per heavy atom. The quantitative estimate of drug-likeness (QED) is 0.741. The number of rotatable bonds is 5. The first-order chi connectivity index (χ1) is 12.7. The molecule has 3 rings (SSSR count). The summed E-state index contributed by atoms with van der Waals surface area (Å²) in [4.78, 5) is 12.1. The number of alkyl halides is 3. The van der Waals surface area contributed by atoms with Gasteiger partial charge in [0.1, 0.15) is 6.54 Å². The SMILES string of the molecule is Cc1ccnn1CC(=O)Nc1cc(C)n(Cc2cccc(C(F)(F)F)c2)n1. The van der Waals surface area contributed by atoms with Crippen LogP contribution in [0, 0.1) is 13.8 Å². The van der Waals surface area contributed by atoms with Crippen LogP contribution in [0.15, 0.2) is 42.6 Å². The van der Waals surface area contributed by atoms with Gasteiger partial charge in [-0.1, -0.05) is 12.1 Å². The number of nitrogens with one attached hydrogen (secondary N) is 1. The third kappa shape index (κ3) is 4.55. The summed E-state index contributed by atoms with van der Waals surface area (Å²) in [5, 5.41) is 11.0. The van der Waals surface area contributed by atoms with Crippen LogP contribution in [0.5, 0.6) is 0 Å². The smallest absolute Gasteiger partial charge is 0.308 e. The molecule has 9 heteroatoms. The predicted molar refractivity (Wildman–Crippen MR) is 93.1 cm³/mol. The molecule has 0 aliphatic heterocycles. The molecule has 2 heterocycles. The van der Waals surface area contributed by atoms with E-state index in [1.54, 1.807) is 40.7 Å². The van der Waals surface area contributed by atoms with E-state index < -0.39 is 11.7 Å². The van der Waals surface area contributed by atoms with Crippen LogP contribution in [0.1, 0.15) is 22.5 Å². The topological polar surface area (TPSA) is 64.7 Å². The van der Waals surface area contributed by atoms with E-state index in [1.807, 2.05) is 6.92 Å². The van der Waals surface area contributed by atoms with Crippen molar-refractivity contribution in [2.75, 3.05) is 5.32 Å². The van der Waals surface area contributed by atoms with Crippen molar-refractivity contribution in [3.63, 3.8) is 0 Å². The van der Waals surface area contributed by atoms with Crippen molar-refractivity contribution in [3.8, 4) is 0 Å². The molecule has 0 saturated heterocycles. The Hall–Kier alpha value is -3.10. The average Bonchev–Trinajstić information content (AvgIpc) is 3.13. The lowest BCUT2D eigenvalue weighted by Gasteiger charge is -2.09. The van der Waals surface area contributed by atoms with E-state index in [9.17, 15) is 18.0 Å². The van der Waals surface area contributed by atoms with Crippen molar-refractivity contribution in [2.45, 2.75) is 33.1 Å². The summed E-state index contributed by atoms with van der Waals surface area (Å²) in [6.07, 6.45) is -2.78. The number of hydrogen-bond acceptors (Lipinski definition) is 3. The number of carbonyl (C=O) groups excluding carboxylic acids is 1. The molecule has 0 aliphatic rings. The number of nitrogens with zero attached hydrogens (tertiary/aromatic N) is 4. The van der Waals surface area contributed by atoms with Gasteiger partial charge in [-0.2, -0.15) is 23.4 Å². The van der Waals surface area contributed by atoms with E-state index in [0.717, 1.165) is 23.5 Å². The van der Waals surface area contributed by atoms with Crippen LogP contribution in [0.3, 0.4) is 0 Å². The van der Waals surface area contributed by atoms with E-state index in [4.69, 9.17) is 0 Å². The molecule has 3 aromatic rings. The number of carbonyl (C=O) groups is 1. The van der Waals surface area contributed by atoms with Gasteiger partial charge >= 0.3 is 6.18 Å². The van der Waals surface area contributed by atoms with Gasteiger partial charge in [0.05, 0.1) is 12.1 Å². The Kier molecular flexibility index (Phi) is 5.02. The zero-order chi connectivity index (χ0) is 19.6. The summed E-state index contributed by atoms with van der Waals surface area (Å²) in [7, 11) is 0. The highest BCUT2D eigenvalue weighted by molar-refractivity contribution is 5.89. The Balaban J connectivity index is 1.69. The van der Waals surface area contributed by atoms with Gasteiger partial charge in [-0.05, 0) is 37.6 Å². The molecule has 0 aliphatic carbocycles. The van der Waals surface area contributed by atoms with Crippen LogP contribution in [-0.4, -0.2) is 25.5 Å². The summed E-state index contributed by atoms with van der Waals surface area (Å²) in [6, 6.07) is 8.56. The lowest BCUT2D eigenvalue weighted by atomic mass is 10.1. The summed E-state index contributed by atoms with van der Waals surface area (Å²) in [5.41, 5.74) is 1.35. The molecule has 0 atom stereocenters. The van der Waals surface area contributed by atoms with Crippen LogP contribution in [0.25, 0.3) is 0 Å². The zero-order valence-electron chi connectivity index (χ0n) is 14.8. The second-order valence-electron chi connectivity index (χ2n) is 6.21. The Morgan fingerprint density at radius 1 is 1.11 bits per heavy atom. The van der Waals surface area contributed by atoms with Gasteiger partial charge in [0, 0.05) is 23.7 Å². The van der Waals surface area contributed by atoms with Crippen molar-refractivity contribution in [2.24, 2.45) is 0 Å². The third-order valence-electron chi connectivity index (χ3n) is 4.06. The Morgan fingerprint density at radius 2 is 1.89 bits per heavy atom. The minimum Gasteiger partial charge on any atom is -0.308 e. The molecule has 0 fully saturated rings. The fourth-order valence-corrected chi connectivity index (χ4v) is 2.63. The van der Waals surface area contributed by atoms with Crippen LogP contribution in [0.4, 0.5) is 19.0 Å². The van der Waals surface area contributed by atoms with Gasteiger partial charge in [-0.3, -0.25) is 14.2 Å². The third-order valence-corrected chi connectivity index (χ3v) is 4.06. The molecule has 2 aromatic heterocycles. The van der Waals surface area contributed by atoms with Crippen molar-refractivity contribution < 1.29 is 18.0 Å². The number of hydrogen-bond donors (Lipinski definition) is 1. The van der Waals surface area contributed by atoms with Gasteiger partial charge in [-0.25, -0.2) is 0 Å². The molecule has 0 unspecified atom stereocenters. The standard InChI is InChI=1S/C18H18F3N5O/c1-12-6-7-22-25(12)11-17(27)23-16-8-13(2)26(24-16)10-14-4-3-5-15(9-14)18(19,20)21/h3-9H,10-11H2,1-2H3,(H,23,24,27). The molecular weight excluding hydrogens is 359 g/mol. The van der Waals surface area contributed by atoms with Crippen LogP contribution >= 0.6 is 0 Å². The second-order valence-corrected chi connectivity index (χ2v) is 6.21. The fourth-order valence-electron chi connectivity index (χ4n) is 2.63. The highest BCUT2D eigenvalue weighted by Crippen LogP contribution is 2.29. The van der Waals surface area contributed by atoms with Crippen LogP contribution in [-0.2, 0) is 24.1 Å². The first-order valence-corrected chi connectivity index (χ1v) is 8.21. The maximum atomic E-state index is 12.8. The second kappa shape index (κ2) is 7.26. The zero-order valence-corrected chi connectivity index (χ0v) is 14.8. The number of aromatic nitrogens is 4. The van der Waals surface area contributed by atoms with Crippen molar-refractivity contribution in [3.05, 3.63) is 65.1 Å². The van der Waals surface area contributed by atoms with Crippen molar-refractivity contribution in [1.29, 1.82) is 0 Å². The highest BCUT2D eigenvalue weighted by Gasteiger charge is 2.30.